The number of β-lactam (4-membered cyclic amide) rings is 1. The summed E-state index contributed by atoms with van der Waals surface area (Å²) in [7, 11) is 0. The fourth-order valence-electron chi connectivity index (χ4n) is 4.01. The number of oxime groups is 1. The van der Waals surface area contributed by atoms with Crippen LogP contribution in [0.4, 0.5) is 9.93 Å². The molecule has 0 bridgehead atoms. The number of fused-ring (bicyclic) bond motifs is 1. The number of carbonyl (C=O) groups excluding carboxylic acids is 2. The highest BCUT2D eigenvalue weighted by molar-refractivity contribution is 8.01. The first kappa shape index (κ1) is 32.9. The van der Waals surface area contributed by atoms with Crippen LogP contribution >= 0.6 is 46.2 Å². The number of carboxylic acid groups (broad SMARTS) is 2. The van der Waals surface area contributed by atoms with Crippen LogP contribution in [-0.2, 0) is 24.0 Å². The van der Waals surface area contributed by atoms with Gasteiger partial charge in [0.15, 0.2) is 26.7 Å². The van der Waals surface area contributed by atoms with E-state index in [0.717, 1.165) is 16.2 Å². The first-order valence-electron chi connectivity index (χ1n) is 12.9. The van der Waals surface area contributed by atoms with Gasteiger partial charge in [-0.1, -0.05) is 16.9 Å². The molecule has 46 heavy (non-hydrogen) atoms. The molecule has 1 fully saturated rings. The van der Waals surface area contributed by atoms with Crippen LogP contribution in [0.15, 0.2) is 49.9 Å². The van der Waals surface area contributed by atoms with Crippen LogP contribution in [0.2, 0.25) is 0 Å². The largest absolute Gasteiger partial charge is 0.512 e. The van der Waals surface area contributed by atoms with Crippen molar-refractivity contribution in [2.45, 2.75) is 35.2 Å². The topological polar surface area (TPSA) is 247 Å². The van der Waals surface area contributed by atoms with Gasteiger partial charge in [-0.25, -0.2) is 19.6 Å². The number of benzene rings is 1. The van der Waals surface area contributed by atoms with Crippen LogP contribution in [0, 0.1) is 0 Å². The Morgan fingerprint density at radius 2 is 1.93 bits per heavy atom. The molecule has 0 unspecified atom stereocenters. The minimum absolute atomic E-state index is 0.00257. The van der Waals surface area contributed by atoms with Crippen molar-refractivity contribution in [1.29, 1.82) is 0 Å². The molecule has 16 nitrogen and oxygen atoms in total. The number of carboxylic acids is 1. The predicted molar refractivity (Wildman–Crippen MR) is 169 cm³/mol. The Hall–Kier alpha value is -4.53. The maximum absolute atomic E-state index is 13.3. The normalized spacial score (nSPS) is 18.1. The summed E-state index contributed by atoms with van der Waals surface area (Å²) in [4.78, 5) is 64.4. The van der Waals surface area contributed by atoms with Gasteiger partial charge in [-0.2, -0.15) is 0 Å². The lowest BCUT2D eigenvalue weighted by molar-refractivity contribution is -0.161. The van der Waals surface area contributed by atoms with Gasteiger partial charge >= 0.3 is 12.1 Å². The molecule has 5 rings (SSSR count). The molecule has 7 N–H and O–H groups in total. The van der Waals surface area contributed by atoms with E-state index in [9.17, 15) is 39.6 Å². The first-order valence-corrected chi connectivity index (χ1v) is 16.7. The summed E-state index contributed by atoms with van der Waals surface area (Å²) < 4.78 is 5.66. The number of aromatic nitrogens is 2. The van der Waals surface area contributed by atoms with Gasteiger partial charge in [0, 0.05) is 33.4 Å². The molecule has 2 aliphatic heterocycles. The van der Waals surface area contributed by atoms with Crippen molar-refractivity contribution in [2.75, 3.05) is 17.2 Å². The number of nitrogens with zero attached hydrogens (tertiary/aromatic N) is 4. The zero-order valence-corrected chi connectivity index (χ0v) is 27.0. The summed E-state index contributed by atoms with van der Waals surface area (Å²) in [5, 5.41) is 47.0. The minimum atomic E-state index is -1.79. The SMILES string of the molecule is CC(C)(ON=C(C(=O)N[C@@H]1C(=O)N2C(OC(=O)O)=C(CSc3nc(-c4ccc(O)c(O)c4)cs3)CS[C@@H]12)c1csc(N)n1)C(=O)O. The fraction of sp³-hybridized carbons (Fsp3) is 0.269. The first-order chi connectivity index (χ1) is 21.7. The van der Waals surface area contributed by atoms with Crippen LogP contribution in [0.1, 0.15) is 19.5 Å². The molecule has 0 spiro atoms. The van der Waals surface area contributed by atoms with Gasteiger partial charge in [0.05, 0.1) is 5.69 Å². The highest BCUT2D eigenvalue weighted by Crippen LogP contribution is 2.42. The third-order valence-electron chi connectivity index (χ3n) is 6.45. The molecule has 2 amide bonds. The van der Waals surface area contributed by atoms with Gasteiger partial charge in [-0.15, -0.1) is 34.4 Å². The molecule has 0 aliphatic carbocycles. The number of aliphatic carboxylic acids is 1. The average Bonchev–Trinajstić information content (AvgIpc) is 3.65. The Morgan fingerprint density at radius 3 is 2.59 bits per heavy atom. The lowest BCUT2D eigenvalue weighted by Gasteiger charge is -2.49. The van der Waals surface area contributed by atoms with Crippen molar-refractivity contribution in [3.63, 3.8) is 0 Å². The van der Waals surface area contributed by atoms with Crippen molar-refractivity contribution >= 4 is 81.0 Å². The Kier molecular flexibility index (Phi) is 9.33. The van der Waals surface area contributed by atoms with Crippen LogP contribution in [0.25, 0.3) is 11.3 Å². The highest BCUT2D eigenvalue weighted by atomic mass is 32.2. The number of aromatic hydroxyl groups is 2. The summed E-state index contributed by atoms with van der Waals surface area (Å²) in [6, 6.07) is 3.24. The smallest absolute Gasteiger partial charge is 0.504 e. The second-order valence-electron chi connectivity index (χ2n) is 10.0. The second kappa shape index (κ2) is 13.1. The van der Waals surface area contributed by atoms with E-state index in [1.54, 1.807) is 11.4 Å². The second-order valence-corrected chi connectivity index (χ2v) is 14.1. The van der Waals surface area contributed by atoms with E-state index >= 15 is 0 Å². The minimum Gasteiger partial charge on any atom is -0.504 e. The monoisotopic (exact) mass is 708 g/mol. The van der Waals surface area contributed by atoms with Crippen LogP contribution in [0.3, 0.4) is 0 Å². The lowest BCUT2D eigenvalue weighted by Crippen LogP contribution is -2.70. The van der Waals surface area contributed by atoms with E-state index in [1.807, 2.05) is 0 Å². The van der Waals surface area contributed by atoms with E-state index in [4.69, 9.17) is 15.3 Å². The number of nitrogens with one attached hydrogen (secondary N) is 1. The number of amides is 2. The molecule has 2 aliphatic rings. The molecular formula is C26H24N6O10S4. The van der Waals surface area contributed by atoms with Crippen molar-refractivity contribution in [1.82, 2.24) is 20.2 Å². The summed E-state index contributed by atoms with van der Waals surface area (Å²) in [6.45, 7) is 2.47. The lowest BCUT2D eigenvalue weighted by atomic mass is 10.1. The van der Waals surface area contributed by atoms with E-state index < -0.39 is 46.7 Å². The number of phenolic OH excluding ortho intramolecular Hbond substituents is 2. The fourth-order valence-corrected chi connectivity index (χ4v) is 7.84. The number of nitrogens with two attached hydrogens (primary N) is 1. The molecule has 20 heteroatoms. The number of rotatable bonds is 11. The Morgan fingerprint density at radius 1 is 1.17 bits per heavy atom. The van der Waals surface area contributed by atoms with E-state index in [2.05, 4.69) is 20.4 Å². The zero-order chi connectivity index (χ0) is 33.3. The third-order valence-corrected chi connectivity index (χ3v) is 10.6. The number of phenols is 2. The Bertz CT molecular complexity index is 1790. The van der Waals surface area contributed by atoms with Crippen LogP contribution in [0.5, 0.6) is 11.5 Å². The van der Waals surface area contributed by atoms with E-state index in [-0.39, 0.29) is 39.7 Å². The number of anilines is 1. The Balaban J connectivity index is 1.31. The third kappa shape index (κ3) is 6.83. The number of nitrogen functional groups attached to an aromatic ring is 1. The van der Waals surface area contributed by atoms with E-state index in [1.165, 1.54) is 66.2 Å². The van der Waals surface area contributed by atoms with Crippen molar-refractivity contribution in [3.05, 3.63) is 46.1 Å². The van der Waals surface area contributed by atoms with Gasteiger partial charge in [0.1, 0.15) is 17.1 Å². The molecule has 1 aromatic carbocycles. The maximum Gasteiger partial charge on any atom is 0.512 e. The Labute approximate surface area is 275 Å². The predicted octanol–water partition coefficient (Wildman–Crippen LogP) is 2.94. The standard InChI is InChI=1S/C26H24N6O10S4/c1-26(2,22(37)38)42-31-16(13-9-44-23(27)28-13)18(35)30-17-19(36)32-20(41-25(39)40)11(6-43-21(17)32)7-45-24-29-12(8-46-24)10-3-4-14(33)15(34)5-10/h3-5,8-9,17,21,33-34H,6-7H2,1-2H3,(H2,27,28)(H,30,35)(H,37,38)(H,39,40)/t17-,21+/m1/s1. The van der Waals surface area contributed by atoms with Gasteiger partial charge in [0.2, 0.25) is 11.5 Å². The van der Waals surface area contributed by atoms with Crippen molar-refractivity contribution < 1.29 is 49.2 Å². The molecule has 0 saturated carbocycles. The van der Waals surface area contributed by atoms with E-state index in [0.29, 0.717) is 21.2 Å². The number of hydrogen-bond acceptors (Lipinski definition) is 16. The molecule has 1 saturated heterocycles. The quantitative estimate of drug-likeness (QED) is 0.0419. The molecular weight excluding hydrogens is 685 g/mol. The number of carbonyl (C=O) groups is 4. The number of thiazole rings is 2. The molecule has 2 aromatic heterocycles. The average molecular weight is 709 g/mol. The summed E-state index contributed by atoms with van der Waals surface area (Å²) in [5.41, 5.74) is 5.17. The number of thioether (sulfide) groups is 2. The summed E-state index contributed by atoms with van der Waals surface area (Å²) in [5.74, 6) is -3.07. The van der Waals surface area contributed by atoms with Gasteiger partial charge in [0.25, 0.3) is 11.8 Å². The van der Waals surface area contributed by atoms with Gasteiger partial charge in [-0.05, 0) is 32.0 Å². The zero-order valence-electron chi connectivity index (χ0n) is 23.7. The summed E-state index contributed by atoms with van der Waals surface area (Å²) in [6.07, 6.45) is -1.62. The number of ether oxygens (including phenoxy) is 1. The molecule has 3 aromatic rings. The molecule has 4 heterocycles. The van der Waals surface area contributed by atoms with Crippen molar-refractivity contribution in [3.8, 4) is 22.8 Å². The summed E-state index contributed by atoms with van der Waals surface area (Å²) >= 11 is 4.89. The van der Waals surface area contributed by atoms with Crippen molar-refractivity contribution in [2.24, 2.45) is 5.16 Å². The van der Waals surface area contributed by atoms with Crippen LogP contribution in [-0.4, -0.2) is 93.5 Å². The molecule has 0 radical (unpaired) electrons. The molecule has 2 atom stereocenters. The van der Waals surface area contributed by atoms with Crippen LogP contribution < -0.4 is 11.1 Å². The van der Waals surface area contributed by atoms with Gasteiger partial charge in [-0.3, -0.25) is 14.5 Å². The highest BCUT2D eigenvalue weighted by Gasteiger charge is 2.54. The number of hydrogen-bond donors (Lipinski definition) is 6. The molecule has 242 valence electrons. The maximum atomic E-state index is 13.3. The van der Waals surface area contributed by atoms with Gasteiger partial charge < -0.3 is 41.1 Å².